The molecular weight excluding hydrogens is 444 g/mol. The van der Waals surface area contributed by atoms with E-state index in [0.717, 1.165) is 22.8 Å². The minimum atomic E-state index is -0.369. The summed E-state index contributed by atoms with van der Waals surface area (Å²) in [7, 11) is 1.39. The minimum absolute atomic E-state index is 0.160. The number of carbonyl (C=O) groups is 1. The van der Waals surface area contributed by atoms with Gasteiger partial charge in [-0.15, -0.1) is 0 Å². The molecule has 0 unspecified atom stereocenters. The molecule has 0 spiro atoms. The Morgan fingerprint density at radius 3 is 2.56 bits per heavy atom. The molecule has 3 heterocycles. The first kappa shape index (κ1) is 21.9. The third-order valence-corrected chi connectivity index (χ3v) is 6.35. The van der Waals surface area contributed by atoms with Gasteiger partial charge in [-0.05, 0) is 73.7 Å². The van der Waals surface area contributed by atoms with Crippen molar-refractivity contribution in [3.63, 3.8) is 0 Å². The number of thiocarbonyl (C=S) groups is 1. The topological polar surface area (TPSA) is 59.4 Å². The lowest BCUT2D eigenvalue weighted by Crippen LogP contribution is -2.30. The molecule has 7 heteroatoms. The highest BCUT2D eigenvalue weighted by Crippen LogP contribution is 2.42. The number of carbonyl (C=O) groups excluding carboxylic acids is 1. The quantitative estimate of drug-likeness (QED) is 0.323. The molecule has 2 aromatic heterocycles. The van der Waals surface area contributed by atoms with E-state index < -0.39 is 0 Å². The Kier molecular flexibility index (Phi) is 5.86. The van der Waals surface area contributed by atoms with Crippen LogP contribution in [0.3, 0.4) is 0 Å². The van der Waals surface area contributed by atoms with Gasteiger partial charge in [-0.2, -0.15) is 0 Å². The van der Waals surface area contributed by atoms with Crippen molar-refractivity contribution >= 4 is 29.0 Å². The zero-order chi connectivity index (χ0) is 23.7. The van der Waals surface area contributed by atoms with Gasteiger partial charge in [0, 0.05) is 29.5 Å². The van der Waals surface area contributed by atoms with Crippen molar-refractivity contribution in [1.29, 1.82) is 0 Å². The van der Waals surface area contributed by atoms with Gasteiger partial charge >= 0.3 is 5.97 Å². The fourth-order valence-corrected chi connectivity index (χ4v) is 4.76. The third-order valence-electron chi connectivity index (χ3n) is 6.04. The Balaban J connectivity index is 1.65. The van der Waals surface area contributed by atoms with E-state index in [-0.39, 0.29) is 18.1 Å². The summed E-state index contributed by atoms with van der Waals surface area (Å²) in [5.41, 5.74) is 5.47. The molecule has 170 valence electrons. The second-order valence-electron chi connectivity index (χ2n) is 8.18. The number of methoxy groups -OCH3 is 1. The molecular formula is C27H24N4O2S. The summed E-state index contributed by atoms with van der Waals surface area (Å²) < 4.78 is 7.01. The predicted octanol–water partition coefficient (Wildman–Crippen LogP) is 5.14. The van der Waals surface area contributed by atoms with E-state index >= 15 is 0 Å². The standard InChI is InChI=1S/C27H24N4O2S/c1-18-11-13-20(14-12-18)31-25(24(29-27(31)34)22-9-3-4-15-28-22)23-10-6-16-30(23)21-8-5-7-19(17-21)26(32)33-2/h3-17,24-25H,1-2H3,(H,29,34)/t24-,25-/m0/s1. The van der Waals surface area contributed by atoms with E-state index in [9.17, 15) is 4.79 Å². The van der Waals surface area contributed by atoms with E-state index in [1.807, 2.05) is 48.7 Å². The van der Waals surface area contributed by atoms with Crippen LogP contribution in [0.1, 0.15) is 39.4 Å². The predicted molar refractivity (Wildman–Crippen MR) is 136 cm³/mol. The lowest BCUT2D eigenvalue weighted by Gasteiger charge is -2.29. The number of rotatable bonds is 5. The summed E-state index contributed by atoms with van der Waals surface area (Å²) in [6, 6.07) is 25.4. The molecule has 1 aliphatic rings. The van der Waals surface area contributed by atoms with Crippen molar-refractivity contribution in [1.82, 2.24) is 14.9 Å². The molecule has 6 nitrogen and oxygen atoms in total. The molecule has 0 bridgehead atoms. The number of ether oxygens (including phenoxy) is 1. The number of anilines is 1. The number of benzene rings is 2. The highest BCUT2D eigenvalue weighted by Gasteiger charge is 2.42. The highest BCUT2D eigenvalue weighted by molar-refractivity contribution is 7.80. The van der Waals surface area contributed by atoms with Crippen LogP contribution >= 0.6 is 12.2 Å². The first-order chi connectivity index (χ1) is 16.6. The molecule has 0 radical (unpaired) electrons. The Morgan fingerprint density at radius 2 is 1.82 bits per heavy atom. The first-order valence-electron chi connectivity index (χ1n) is 11.0. The summed E-state index contributed by atoms with van der Waals surface area (Å²) in [6.07, 6.45) is 3.79. The van der Waals surface area contributed by atoms with E-state index in [0.29, 0.717) is 10.7 Å². The van der Waals surface area contributed by atoms with Crippen molar-refractivity contribution in [3.05, 3.63) is 114 Å². The number of nitrogens with zero attached hydrogens (tertiary/aromatic N) is 3. The van der Waals surface area contributed by atoms with Crippen LogP contribution in [-0.4, -0.2) is 27.7 Å². The average molecular weight is 469 g/mol. The van der Waals surface area contributed by atoms with Crippen molar-refractivity contribution in [3.8, 4) is 5.69 Å². The maximum atomic E-state index is 12.1. The van der Waals surface area contributed by atoms with Gasteiger partial charge < -0.3 is 19.5 Å². The number of esters is 1. The molecule has 0 amide bonds. The molecule has 5 rings (SSSR count). The van der Waals surface area contributed by atoms with Gasteiger partial charge in [0.2, 0.25) is 0 Å². The number of nitrogens with one attached hydrogen (secondary N) is 1. The van der Waals surface area contributed by atoms with Crippen LogP contribution in [0.15, 0.2) is 91.3 Å². The smallest absolute Gasteiger partial charge is 0.337 e. The molecule has 1 fully saturated rings. The summed E-state index contributed by atoms with van der Waals surface area (Å²) in [6.45, 7) is 2.07. The summed E-state index contributed by atoms with van der Waals surface area (Å²) >= 11 is 5.83. The maximum absolute atomic E-state index is 12.1. The number of pyridine rings is 1. The van der Waals surface area contributed by atoms with Crippen LogP contribution in [0.5, 0.6) is 0 Å². The van der Waals surface area contributed by atoms with Crippen LogP contribution in [0.25, 0.3) is 5.69 Å². The average Bonchev–Trinajstić information content (AvgIpc) is 3.49. The number of hydrogen-bond acceptors (Lipinski definition) is 4. The fraction of sp³-hybridized carbons (Fsp3) is 0.148. The minimum Gasteiger partial charge on any atom is -0.465 e. The van der Waals surface area contributed by atoms with Gasteiger partial charge in [-0.25, -0.2) is 4.79 Å². The normalized spacial score (nSPS) is 17.5. The Morgan fingerprint density at radius 1 is 1.00 bits per heavy atom. The van der Waals surface area contributed by atoms with Gasteiger partial charge in [0.05, 0.1) is 24.4 Å². The zero-order valence-electron chi connectivity index (χ0n) is 18.9. The SMILES string of the molecule is COC(=O)c1cccc(-n2cccc2[C@H]2[C@H](c3ccccn3)NC(=S)N2c2ccc(C)cc2)c1. The van der Waals surface area contributed by atoms with Crippen LogP contribution in [0, 0.1) is 6.92 Å². The molecule has 1 aliphatic heterocycles. The van der Waals surface area contributed by atoms with Gasteiger partial charge in [-0.1, -0.05) is 29.8 Å². The van der Waals surface area contributed by atoms with Crippen molar-refractivity contribution in [2.24, 2.45) is 0 Å². The van der Waals surface area contributed by atoms with Crippen molar-refractivity contribution in [2.45, 2.75) is 19.0 Å². The largest absolute Gasteiger partial charge is 0.465 e. The van der Waals surface area contributed by atoms with E-state index in [2.05, 4.69) is 57.0 Å². The summed E-state index contributed by atoms with van der Waals surface area (Å²) in [5.74, 6) is -0.369. The van der Waals surface area contributed by atoms with Crippen LogP contribution < -0.4 is 10.2 Å². The first-order valence-corrected chi connectivity index (χ1v) is 11.4. The fourth-order valence-electron chi connectivity index (χ4n) is 4.41. The maximum Gasteiger partial charge on any atom is 0.337 e. The molecule has 1 N–H and O–H groups in total. The van der Waals surface area contributed by atoms with Gasteiger partial charge in [0.1, 0.15) is 6.04 Å². The second-order valence-corrected chi connectivity index (χ2v) is 8.56. The number of aromatic nitrogens is 2. The van der Waals surface area contributed by atoms with Crippen molar-refractivity contribution < 1.29 is 9.53 Å². The summed E-state index contributed by atoms with van der Waals surface area (Å²) in [4.78, 5) is 18.9. The summed E-state index contributed by atoms with van der Waals surface area (Å²) in [5, 5.41) is 4.14. The molecule has 0 saturated carbocycles. The molecule has 4 aromatic rings. The molecule has 1 saturated heterocycles. The van der Waals surface area contributed by atoms with E-state index in [1.165, 1.54) is 12.7 Å². The molecule has 2 aromatic carbocycles. The van der Waals surface area contributed by atoms with Gasteiger partial charge in [0.25, 0.3) is 0 Å². The van der Waals surface area contributed by atoms with Crippen LogP contribution in [0.4, 0.5) is 5.69 Å². The number of hydrogen-bond donors (Lipinski definition) is 1. The van der Waals surface area contributed by atoms with Gasteiger partial charge in [-0.3, -0.25) is 4.98 Å². The third kappa shape index (κ3) is 3.95. The van der Waals surface area contributed by atoms with Crippen LogP contribution in [-0.2, 0) is 4.74 Å². The lowest BCUT2D eigenvalue weighted by atomic mass is 10.0. The van der Waals surface area contributed by atoms with Gasteiger partial charge in [0.15, 0.2) is 5.11 Å². The van der Waals surface area contributed by atoms with Crippen molar-refractivity contribution in [2.75, 3.05) is 12.0 Å². The highest BCUT2D eigenvalue weighted by atomic mass is 32.1. The Labute approximate surface area is 203 Å². The molecule has 0 aliphatic carbocycles. The Hall–Kier alpha value is -3.97. The van der Waals surface area contributed by atoms with Crippen LogP contribution in [0.2, 0.25) is 0 Å². The molecule has 34 heavy (non-hydrogen) atoms. The number of aryl methyl sites for hydroxylation is 1. The molecule has 2 atom stereocenters. The van der Waals surface area contributed by atoms with E-state index in [1.54, 1.807) is 12.3 Å². The second kappa shape index (κ2) is 9.11. The zero-order valence-corrected chi connectivity index (χ0v) is 19.7. The lowest BCUT2D eigenvalue weighted by molar-refractivity contribution is 0.0600. The monoisotopic (exact) mass is 468 g/mol. The van der Waals surface area contributed by atoms with E-state index in [4.69, 9.17) is 17.0 Å². The Bertz CT molecular complexity index is 1330.